The number of carbonyl (C=O) groups is 1. The number of carbonyl (C=O) groups excluding carboxylic acids is 1. The summed E-state index contributed by atoms with van der Waals surface area (Å²) in [6.07, 6.45) is 6.62. The van der Waals surface area contributed by atoms with E-state index >= 15 is 0 Å². The molecule has 0 fully saturated rings. The van der Waals surface area contributed by atoms with E-state index in [1.807, 2.05) is 36.5 Å². The summed E-state index contributed by atoms with van der Waals surface area (Å²) in [7, 11) is 0. The number of para-hydroxylation sites is 1. The van der Waals surface area contributed by atoms with Crippen LogP contribution >= 0.6 is 0 Å². The smallest absolute Gasteiger partial charge is 0.330 e. The number of aromatic nitrogens is 2. The van der Waals surface area contributed by atoms with Crippen LogP contribution in [0.1, 0.15) is 12.5 Å². The van der Waals surface area contributed by atoms with Gasteiger partial charge in [-0.25, -0.2) is 4.79 Å². The Hall–Kier alpha value is -2.56. The molecule has 1 aromatic carbocycles. The summed E-state index contributed by atoms with van der Waals surface area (Å²) in [6.45, 7) is 3.32. The number of hydrogen-bond donors (Lipinski definition) is 0. The Morgan fingerprint density at radius 1 is 1.33 bits per heavy atom. The number of nitrogens with zero attached hydrogens (tertiary/aromatic N) is 2. The highest BCUT2D eigenvalue weighted by molar-refractivity contribution is 5.86. The van der Waals surface area contributed by atoms with Crippen molar-refractivity contribution in [1.82, 2.24) is 9.78 Å². The second-order valence-electron chi connectivity index (χ2n) is 4.28. The van der Waals surface area contributed by atoms with Crippen molar-refractivity contribution in [1.29, 1.82) is 0 Å². The van der Waals surface area contributed by atoms with Crippen molar-refractivity contribution in [2.75, 3.05) is 13.2 Å². The maximum atomic E-state index is 11.2. The number of rotatable bonds is 7. The fourth-order valence-corrected chi connectivity index (χ4v) is 1.72. The van der Waals surface area contributed by atoms with Gasteiger partial charge in [0.25, 0.3) is 0 Å². The predicted octanol–water partition coefficient (Wildman–Crippen LogP) is 2.54. The molecule has 5 nitrogen and oxygen atoms in total. The third-order valence-electron chi connectivity index (χ3n) is 2.68. The second kappa shape index (κ2) is 7.89. The molecule has 0 N–H and O–H groups in total. The molecule has 0 unspecified atom stereocenters. The van der Waals surface area contributed by atoms with Crippen LogP contribution < -0.4 is 4.74 Å². The maximum Gasteiger partial charge on any atom is 0.330 e. The summed E-state index contributed by atoms with van der Waals surface area (Å²) in [5, 5.41) is 4.20. The first-order chi connectivity index (χ1) is 10.3. The highest BCUT2D eigenvalue weighted by Gasteiger charge is 1.98. The van der Waals surface area contributed by atoms with E-state index in [0.717, 1.165) is 11.3 Å². The first-order valence-corrected chi connectivity index (χ1v) is 6.83. The Morgan fingerprint density at radius 3 is 2.90 bits per heavy atom. The van der Waals surface area contributed by atoms with E-state index in [9.17, 15) is 4.79 Å². The lowest BCUT2D eigenvalue weighted by Gasteiger charge is -2.05. The molecule has 0 aliphatic rings. The molecule has 0 aliphatic carbocycles. The van der Waals surface area contributed by atoms with E-state index in [2.05, 4.69) is 5.10 Å². The lowest BCUT2D eigenvalue weighted by molar-refractivity contribution is -0.137. The third-order valence-corrected chi connectivity index (χ3v) is 2.68. The van der Waals surface area contributed by atoms with E-state index in [-0.39, 0.29) is 5.97 Å². The van der Waals surface area contributed by atoms with Gasteiger partial charge in [-0.15, -0.1) is 0 Å². The molecule has 0 spiro atoms. The molecule has 21 heavy (non-hydrogen) atoms. The van der Waals surface area contributed by atoms with Gasteiger partial charge in [0, 0.05) is 17.8 Å². The number of esters is 1. The van der Waals surface area contributed by atoms with Crippen LogP contribution in [-0.2, 0) is 16.1 Å². The molecular weight excluding hydrogens is 268 g/mol. The quantitative estimate of drug-likeness (QED) is 0.580. The van der Waals surface area contributed by atoms with Crippen molar-refractivity contribution in [3.8, 4) is 5.75 Å². The number of hydrogen-bond acceptors (Lipinski definition) is 4. The van der Waals surface area contributed by atoms with Crippen LogP contribution in [0.3, 0.4) is 0 Å². The molecule has 1 heterocycles. The van der Waals surface area contributed by atoms with E-state index in [0.29, 0.717) is 19.8 Å². The molecule has 5 heteroatoms. The van der Waals surface area contributed by atoms with Crippen molar-refractivity contribution >= 4 is 12.0 Å². The summed E-state index contributed by atoms with van der Waals surface area (Å²) in [5.41, 5.74) is 0.850. The van der Waals surface area contributed by atoms with Crippen LogP contribution in [0.5, 0.6) is 5.75 Å². The first-order valence-electron chi connectivity index (χ1n) is 6.83. The zero-order valence-corrected chi connectivity index (χ0v) is 11.9. The fourth-order valence-electron chi connectivity index (χ4n) is 1.72. The lowest BCUT2D eigenvalue weighted by Crippen LogP contribution is -2.08. The van der Waals surface area contributed by atoms with Crippen LogP contribution in [0.2, 0.25) is 0 Å². The minimum absolute atomic E-state index is 0.349. The summed E-state index contributed by atoms with van der Waals surface area (Å²) >= 11 is 0. The van der Waals surface area contributed by atoms with Gasteiger partial charge >= 0.3 is 5.97 Å². The van der Waals surface area contributed by atoms with Gasteiger partial charge in [0.1, 0.15) is 12.4 Å². The third kappa shape index (κ3) is 5.14. The predicted molar refractivity (Wildman–Crippen MR) is 79.8 cm³/mol. The second-order valence-corrected chi connectivity index (χ2v) is 4.28. The van der Waals surface area contributed by atoms with Crippen molar-refractivity contribution in [2.24, 2.45) is 0 Å². The van der Waals surface area contributed by atoms with Crippen molar-refractivity contribution in [3.63, 3.8) is 0 Å². The molecular formula is C16H18N2O3. The van der Waals surface area contributed by atoms with Gasteiger partial charge < -0.3 is 9.47 Å². The zero-order chi connectivity index (χ0) is 14.9. The summed E-state index contributed by atoms with van der Waals surface area (Å²) < 4.78 is 12.2. The molecule has 0 amide bonds. The molecule has 110 valence electrons. The topological polar surface area (TPSA) is 53.3 Å². The standard InChI is InChI=1S/C16H18N2O3/c1-2-20-16(19)9-8-14-12-17-18(13-14)10-11-21-15-6-4-3-5-7-15/h3-9,12-13H,2,10-11H2,1H3. The summed E-state index contributed by atoms with van der Waals surface area (Å²) in [5.74, 6) is 0.491. The van der Waals surface area contributed by atoms with Gasteiger partial charge in [-0.2, -0.15) is 5.10 Å². The van der Waals surface area contributed by atoms with Gasteiger partial charge in [-0.3, -0.25) is 4.68 Å². The van der Waals surface area contributed by atoms with Crippen LogP contribution in [0.15, 0.2) is 48.8 Å². The van der Waals surface area contributed by atoms with Crippen LogP contribution in [0.25, 0.3) is 6.08 Å². The minimum Gasteiger partial charge on any atom is -0.492 e. The van der Waals surface area contributed by atoms with Gasteiger partial charge in [0.2, 0.25) is 0 Å². The Morgan fingerprint density at radius 2 is 2.14 bits per heavy atom. The number of benzene rings is 1. The fraction of sp³-hybridized carbons (Fsp3) is 0.250. The molecule has 0 aliphatic heterocycles. The average molecular weight is 286 g/mol. The first kappa shape index (κ1) is 14.8. The van der Waals surface area contributed by atoms with Gasteiger partial charge in [-0.05, 0) is 25.1 Å². The Labute approximate surface area is 123 Å². The largest absolute Gasteiger partial charge is 0.492 e. The summed E-state index contributed by atoms with van der Waals surface area (Å²) in [4.78, 5) is 11.2. The zero-order valence-electron chi connectivity index (χ0n) is 11.9. The molecule has 1 aromatic heterocycles. The van der Waals surface area contributed by atoms with Gasteiger partial charge in [0.05, 0.1) is 19.3 Å². The van der Waals surface area contributed by atoms with E-state index in [1.165, 1.54) is 6.08 Å². The molecule has 2 rings (SSSR count). The van der Waals surface area contributed by atoms with E-state index in [1.54, 1.807) is 23.9 Å². The molecule has 0 radical (unpaired) electrons. The van der Waals surface area contributed by atoms with Crippen LogP contribution in [0, 0.1) is 0 Å². The lowest BCUT2D eigenvalue weighted by atomic mass is 10.3. The SMILES string of the molecule is CCOC(=O)C=Cc1cnn(CCOc2ccccc2)c1. The van der Waals surface area contributed by atoms with Gasteiger partial charge in [0.15, 0.2) is 0 Å². The summed E-state index contributed by atoms with van der Waals surface area (Å²) in [6, 6.07) is 9.64. The van der Waals surface area contributed by atoms with E-state index < -0.39 is 0 Å². The molecule has 2 aromatic rings. The van der Waals surface area contributed by atoms with Gasteiger partial charge in [-0.1, -0.05) is 18.2 Å². The van der Waals surface area contributed by atoms with Crippen molar-refractivity contribution in [3.05, 3.63) is 54.4 Å². The Balaban J connectivity index is 1.79. The normalized spacial score (nSPS) is 10.7. The average Bonchev–Trinajstić information content (AvgIpc) is 2.95. The molecule has 0 bridgehead atoms. The highest BCUT2D eigenvalue weighted by Crippen LogP contribution is 2.08. The number of ether oxygens (including phenoxy) is 2. The van der Waals surface area contributed by atoms with Crippen molar-refractivity contribution in [2.45, 2.75) is 13.5 Å². The Bertz CT molecular complexity index is 591. The van der Waals surface area contributed by atoms with E-state index in [4.69, 9.17) is 9.47 Å². The van der Waals surface area contributed by atoms with Crippen LogP contribution in [0.4, 0.5) is 0 Å². The minimum atomic E-state index is -0.349. The van der Waals surface area contributed by atoms with Crippen molar-refractivity contribution < 1.29 is 14.3 Å². The molecule has 0 atom stereocenters. The molecule has 0 saturated carbocycles. The maximum absolute atomic E-state index is 11.2. The highest BCUT2D eigenvalue weighted by atomic mass is 16.5. The Kier molecular flexibility index (Phi) is 5.58. The van der Waals surface area contributed by atoms with Crippen LogP contribution in [-0.4, -0.2) is 29.0 Å². The molecule has 0 saturated heterocycles. The monoisotopic (exact) mass is 286 g/mol.